The Balaban J connectivity index is 1.40. The van der Waals surface area contributed by atoms with E-state index in [9.17, 15) is 4.79 Å². The van der Waals surface area contributed by atoms with Crippen LogP contribution in [-0.2, 0) is 16.1 Å². The van der Waals surface area contributed by atoms with Crippen molar-refractivity contribution in [1.82, 2.24) is 20.1 Å². The zero-order valence-corrected chi connectivity index (χ0v) is 12.9. The number of nitrogens with zero attached hydrogens (tertiary/aromatic N) is 3. The van der Waals surface area contributed by atoms with Gasteiger partial charge in [0.05, 0.1) is 13.2 Å². The van der Waals surface area contributed by atoms with E-state index in [4.69, 9.17) is 4.74 Å². The molecular weight excluding hydrogens is 280 g/mol. The largest absolute Gasteiger partial charge is 0.379 e. The smallest absolute Gasteiger partial charge is 0.224 e. The monoisotopic (exact) mass is 304 g/mol. The molecule has 1 atom stereocenters. The van der Waals surface area contributed by atoms with Gasteiger partial charge in [0.15, 0.2) is 0 Å². The summed E-state index contributed by atoms with van der Waals surface area (Å²) in [6.07, 6.45) is 4.24. The van der Waals surface area contributed by atoms with E-state index in [0.29, 0.717) is 6.42 Å². The Morgan fingerprint density at radius 3 is 2.95 bits per heavy atom. The lowest BCUT2D eigenvalue weighted by Gasteiger charge is -2.28. The minimum absolute atomic E-state index is 0.248. The Morgan fingerprint density at radius 1 is 1.32 bits per heavy atom. The van der Waals surface area contributed by atoms with Crippen molar-refractivity contribution < 1.29 is 9.53 Å². The fourth-order valence-corrected chi connectivity index (χ4v) is 2.98. The van der Waals surface area contributed by atoms with E-state index < -0.39 is 0 Å². The van der Waals surface area contributed by atoms with Gasteiger partial charge < -0.3 is 15.0 Å². The summed E-state index contributed by atoms with van der Waals surface area (Å²) in [6.45, 7) is 6.92. The van der Waals surface area contributed by atoms with Gasteiger partial charge in [-0.15, -0.1) is 0 Å². The Kier molecular flexibility index (Phi) is 5.37. The molecule has 22 heavy (non-hydrogen) atoms. The topological polar surface area (TPSA) is 57.7 Å². The van der Waals surface area contributed by atoms with Crippen molar-refractivity contribution in [3.05, 3.63) is 30.1 Å². The van der Waals surface area contributed by atoms with E-state index in [1.807, 2.05) is 23.2 Å². The molecule has 1 amide bonds. The van der Waals surface area contributed by atoms with Gasteiger partial charge in [-0.3, -0.25) is 14.7 Å². The van der Waals surface area contributed by atoms with Gasteiger partial charge in [0, 0.05) is 64.1 Å². The molecule has 2 aliphatic heterocycles. The summed E-state index contributed by atoms with van der Waals surface area (Å²) in [5, 5.41) is 3.46. The van der Waals surface area contributed by atoms with Crippen LogP contribution in [0.15, 0.2) is 24.5 Å². The number of nitrogens with one attached hydrogen (secondary N) is 1. The van der Waals surface area contributed by atoms with Crippen LogP contribution in [-0.4, -0.2) is 72.7 Å². The van der Waals surface area contributed by atoms with Crippen LogP contribution in [0.3, 0.4) is 0 Å². The van der Waals surface area contributed by atoms with Crippen LogP contribution in [0.25, 0.3) is 0 Å². The highest BCUT2D eigenvalue weighted by Gasteiger charge is 2.29. The van der Waals surface area contributed by atoms with Crippen molar-refractivity contribution in [1.29, 1.82) is 0 Å². The zero-order chi connectivity index (χ0) is 15.2. The van der Waals surface area contributed by atoms with Crippen molar-refractivity contribution >= 4 is 5.91 Å². The molecule has 2 fully saturated rings. The van der Waals surface area contributed by atoms with Gasteiger partial charge in [0.2, 0.25) is 5.91 Å². The van der Waals surface area contributed by atoms with Crippen LogP contribution in [0.4, 0.5) is 0 Å². The maximum atomic E-state index is 12.1. The quantitative estimate of drug-likeness (QED) is 0.808. The molecule has 6 nitrogen and oxygen atoms in total. The minimum Gasteiger partial charge on any atom is -0.379 e. The summed E-state index contributed by atoms with van der Waals surface area (Å²) in [5.41, 5.74) is 1.15. The molecule has 1 N–H and O–H groups in total. The number of carbonyl (C=O) groups is 1. The predicted octanol–water partition coefficient (Wildman–Crippen LogP) is 0.104. The van der Waals surface area contributed by atoms with Crippen molar-refractivity contribution in [2.45, 2.75) is 19.0 Å². The van der Waals surface area contributed by atoms with E-state index >= 15 is 0 Å². The number of rotatable bonds is 6. The van der Waals surface area contributed by atoms with E-state index in [1.54, 1.807) is 6.20 Å². The van der Waals surface area contributed by atoms with Crippen LogP contribution >= 0.6 is 0 Å². The third-order valence-corrected chi connectivity index (χ3v) is 4.32. The SMILES string of the molecule is O=C1CC(NCc2cccnc2)CN1CCN1CCOCC1. The van der Waals surface area contributed by atoms with Crippen molar-refractivity contribution in [3.63, 3.8) is 0 Å². The second kappa shape index (κ2) is 7.67. The normalized spacial score (nSPS) is 23.2. The Hall–Kier alpha value is -1.50. The Morgan fingerprint density at radius 2 is 2.18 bits per heavy atom. The number of ether oxygens (including phenoxy) is 1. The highest BCUT2D eigenvalue weighted by molar-refractivity contribution is 5.79. The lowest BCUT2D eigenvalue weighted by Crippen LogP contribution is -2.42. The first-order chi connectivity index (χ1) is 10.8. The van der Waals surface area contributed by atoms with Crippen LogP contribution < -0.4 is 5.32 Å². The zero-order valence-electron chi connectivity index (χ0n) is 12.9. The van der Waals surface area contributed by atoms with Crippen LogP contribution in [0.1, 0.15) is 12.0 Å². The first kappa shape index (κ1) is 15.4. The van der Waals surface area contributed by atoms with Gasteiger partial charge in [0.25, 0.3) is 0 Å². The van der Waals surface area contributed by atoms with Gasteiger partial charge in [-0.2, -0.15) is 0 Å². The lowest BCUT2D eigenvalue weighted by molar-refractivity contribution is -0.128. The fourth-order valence-electron chi connectivity index (χ4n) is 2.98. The molecule has 1 aromatic rings. The molecule has 2 aliphatic rings. The number of amides is 1. The molecule has 3 heterocycles. The Labute approximate surface area is 131 Å². The van der Waals surface area contributed by atoms with E-state index in [1.165, 1.54) is 0 Å². The molecule has 3 rings (SSSR count). The summed E-state index contributed by atoms with van der Waals surface area (Å²) in [4.78, 5) is 20.6. The summed E-state index contributed by atoms with van der Waals surface area (Å²) >= 11 is 0. The predicted molar refractivity (Wildman–Crippen MR) is 83.3 cm³/mol. The third kappa shape index (κ3) is 4.25. The van der Waals surface area contributed by atoms with Crippen molar-refractivity contribution in [2.24, 2.45) is 0 Å². The Bertz CT molecular complexity index is 476. The molecule has 120 valence electrons. The maximum Gasteiger partial charge on any atom is 0.224 e. The molecule has 0 aliphatic carbocycles. The second-order valence-electron chi connectivity index (χ2n) is 5.94. The first-order valence-corrected chi connectivity index (χ1v) is 8.01. The number of aromatic nitrogens is 1. The van der Waals surface area contributed by atoms with E-state index in [0.717, 1.165) is 58.0 Å². The van der Waals surface area contributed by atoms with E-state index in [-0.39, 0.29) is 11.9 Å². The summed E-state index contributed by atoms with van der Waals surface area (Å²) in [5.74, 6) is 0.261. The third-order valence-electron chi connectivity index (χ3n) is 4.32. The molecule has 2 saturated heterocycles. The first-order valence-electron chi connectivity index (χ1n) is 8.01. The molecule has 0 saturated carbocycles. The van der Waals surface area contributed by atoms with Crippen molar-refractivity contribution in [3.8, 4) is 0 Å². The molecule has 1 unspecified atom stereocenters. The molecule has 1 aromatic heterocycles. The standard InChI is InChI=1S/C16H24N4O2/c21-16-10-15(18-12-14-2-1-3-17-11-14)13-20(16)5-4-19-6-8-22-9-7-19/h1-3,11,15,18H,4-10,12-13H2. The lowest BCUT2D eigenvalue weighted by atomic mass is 10.2. The van der Waals surface area contributed by atoms with E-state index in [2.05, 4.69) is 15.2 Å². The van der Waals surface area contributed by atoms with Crippen molar-refractivity contribution in [2.75, 3.05) is 45.9 Å². The van der Waals surface area contributed by atoms with Gasteiger partial charge in [-0.25, -0.2) is 0 Å². The number of morpholine rings is 1. The van der Waals surface area contributed by atoms with Gasteiger partial charge in [-0.1, -0.05) is 6.07 Å². The van der Waals surface area contributed by atoms with Gasteiger partial charge in [0.1, 0.15) is 0 Å². The number of hydrogen-bond acceptors (Lipinski definition) is 5. The van der Waals surface area contributed by atoms with Crippen LogP contribution in [0, 0.1) is 0 Å². The fraction of sp³-hybridized carbons (Fsp3) is 0.625. The highest BCUT2D eigenvalue weighted by atomic mass is 16.5. The number of hydrogen-bond donors (Lipinski definition) is 1. The van der Waals surface area contributed by atoms with Crippen LogP contribution in [0.2, 0.25) is 0 Å². The minimum atomic E-state index is 0.248. The molecule has 6 heteroatoms. The molecule has 0 aromatic carbocycles. The van der Waals surface area contributed by atoms with Gasteiger partial charge >= 0.3 is 0 Å². The summed E-state index contributed by atoms with van der Waals surface area (Å²) in [7, 11) is 0. The van der Waals surface area contributed by atoms with Crippen LogP contribution in [0.5, 0.6) is 0 Å². The van der Waals surface area contributed by atoms with Gasteiger partial charge in [-0.05, 0) is 11.6 Å². The summed E-state index contributed by atoms with van der Waals surface area (Å²) < 4.78 is 5.35. The molecule has 0 bridgehead atoms. The number of carbonyl (C=O) groups excluding carboxylic acids is 1. The summed E-state index contributed by atoms with van der Waals surface area (Å²) in [6, 6.07) is 4.23. The average molecular weight is 304 g/mol. The number of likely N-dealkylation sites (tertiary alicyclic amines) is 1. The number of pyridine rings is 1. The highest BCUT2D eigenvalue weighted by Crippen LogP contribution is 2.12. The molecule has 0 spiro atoms. The second-order valence-corrected chi connectivity index (χ2v) is 5.94. The molecular formula is C16H24N4O2. The molecule has 0 radical (unpaired) electrons. The average Bonchev–Trinajstić information content (AvgIpc) is 2.93. The maximum absolute atomic E-state index is 12.1.